The summed E-state index contributed by atoms with van der Waals surface area (Å²) in [4.78, 5) is 47.7. The van der Waals surface area contributed by atoms with E-state index in [1.807, 2.05) is 6.92 Å². The summed E-state index contributed by atoms with van der Waals surface area (Å²) in [5.74, 6) is -3.06. The second kappa shape index (κ2) is 9.13. The Bertz CT molecular complexity index is 916. The highest BCUT2D eigenvalue weighted by Gasteiger charge is 2.27. The topological polar surface area (TPSA) is 137 Å². The van der Waals surface area contributed by atoms with Gasteiger partial charge in [0.05, 0.1) is 19.3 Å². The Morgan fingerprint density at radius 2 is 2.00 bits per heavy atom. The Kier molecular flexibility index (Phi) is 6.88. The lowest BCUT2D eigenvalue weighted by molar-refractivity contribution is -0.116. The van der Waals surface area contributed by atoms with Crippen LogP contribution in [0.15, 0.2) is 12.3 Å². The Balaban J connectivity index is 2.26. The summed E-state index contributed by atoms with van der Waals surface area (Å²) in [6.45, 7) is 3.32. The van der Waals surface area contributed by atoms with Crippen LogP contribution < -0.4 is 5.32 Å². The molecule has 0 spiro atoms. The van der Waals surface area contributed by atoms with E-state index in [1.54, 1.807) is 6.92 Å². The van der Waals surface area contributed by atoms with Gasteiger partial charge >= 0.3 is 17.9 Å². The van der Waals surface area contributed by atoms with E-state index >= 15 is 0 Å². The van der Waals surface area contributed by atoms with E-state index in [0.717, 1.165) is 16.0 Å². The van der Waals surface area contributed by atoms with Crippen LogP contribution in [0.25, 0.3) is 0 Å². The fraction of sp³-hybridized carbons (Fsp3) is 0.353. The number of nitrogens with zero attached hydrogens (tertiary/aromatic N) is 2. The minimum absolute atomic E-state index is 0.0823. The van der Waals surface area contributed by atoms with Crippen LogP contribution in [0, 0.1) is 6.92 Å². The fourth-order valence-electron chi connectivity index (χ4n) is 2.28. The first kappa shape index (κ1) is 21.1. The maximum Gasteiger partial charge on any atom is 0.356 e. The number of amides is 1. The molecule has 0 unspecified atom stereocenters. The van der Waals surface area contributed by atoms with E-state index in [0.29, 0.717) is 12.0 Å². The molecule has 10 nitrogen and oxygen atoms in total. The number of carbonyl (C=O) groups is 4. The van der Waals surface area contributed by atoms with Gasteiger partial charge in [0.15, 0.2) is 5.69 Å². The first-order valence-corrected chi connectivity index (χ1v) is 9.05. The highest BCUT2D eigenvalue weighted by molar-refractivity contribution is 7.18. The summed E-state index contributed by atoms with van der Waals surface area (Å²) in [5, 5.41) is 15.3. The van der Waals surface area contributed by atoms with Gasteiger partial charge in [0.2, 0.25) is 5.91 Å². The quantitative estimate of drug-likeness (QED) is 0.631. The van der Waals surface area contributed by atoms with Crippen molar-refractivity contribution in [1.29, 1.82) is 0 Å². The van der Waals surface area contributed by atoms with E-state index < -0.39 is 23.8 Å². The molecule has 0 bridgehead atoms. The zero-order valence-corrected chi connectivity index (χ0v) is 16.3. The lowest BCUT2D eigenvalue weighted by atomic mass is 10.1. The summed E-state index contributed by atoms with van der Waals surface area (Å²) < 4.78 is 11.0. The number of hydrogen-bond donors (Lipinski definition) is 2. The molecule has 1 amide bonds. The molecule has 0 fully saturated rings. The van der Waals surface area contributed by atoms with Crippen LogP contribution in [-0.2, 0) is 20.8 Å². The molecule has 0 atom stereocenters. The molecular formula is C17H19N3O7S. The first-order chi connectivity index (χ1) is 13.3. The number of rotatable bonds is 8. The van der Waals surface area contributed by atoms with Crippen molar-refractivity contribution >= 4 is 40.2 Å². The van der Waals surface area contributed by atoms with E-state index in [-0.39, 0.29) is 34.3 Å². The molecule has 2 heterocycles. The number of carboxylic acid groups (broad SMARTS) is 1. The van der Waals surface area contributed by atoms with Crippen molar-refractivity contribution in [3.63, 3.8) is 0 Å². The van der Waals surface area contributed by atoms with Crippen molar-refractivity contribution in [2.75, 3.05) is 19.0 Å². The molecule has 0 saturated carbocycles. The van der Waals surface area contributed by atoms with E-state index in [4.69, 9.17) is 14.6 Å². The van der Waals surface area contributed by atoms with Crippen LogP contribution in [0.4, 0.5) is 5.00 Å². The lowest BCUT2D eigenvalue weighted by Gasteiger charge is -2.08. The lowest BCUT2D eigenvalue weighted by Crippen LogP contribution is -2.20. The zero-order valence-electron chi connectivity index (χ0n) is 15.5. The number of aromatic nitrogens is 2. The highest BCUT2D eigenvalue weighted by Crippen LogP contribution is 2.34. The van der Waals surface area contributed by atoms with Crippen molar-refractivity contribution < 1.29 is 33.8 Å². The van der Waals surface area contributed by atoms with Gasteiger partial charge in [-0.3, -0.25) is 9.48 Å². The largest absolute Gasteiger partial charge is 0.476 e. The van der Waals surface area contributed by atoms with Crippen LogP contribution in [-0.4, -0.2) is 52.4 Å². The Labute approximate surface area is 164 Å². The van der Waals surface area contributed by atoms with Gasteiger partial charge in [-0.25, -0.2) is 14.4 Å². The maximum absolute atomic E-state index is 12.4. The van der Waals surface area contributed by atoms with Crippen LogP contribution in [0.5, 0.6) is 0 Å². The molecule has 2 N–H and O–H groups in total. The van der Waals surface area contributed by atoms with Crippen LogP contribution in [0.3, 0.4) is 0 Å². The smallest absolute Gasteiger partial charge is 0.356 e. The van der Waals surface area contributed by atoms with Gasteiger partial charge < -0.3 is 19.9 Å². The number of hydrogen-bond acceptors (Lipinski definition) is 8. The molecule has 2 aromatic rings. The molecule has 0 aliphatic heterocycles. The highest BCUT2D eigenvalue weighted by atomic mass is 32.1. The number of esters is 2. The number of carbonyl (C=O) groups excluding carboxylic acids is 3. The fourth-order valence-corrected chi connectivity index (χ4v) is 3.41. The van der Waals surface area contributed by atoms with Gasteiger partial charge in [0.25, 0.3) is 0 Å². The Morgan fingerprint density at radius 3 is 2.57 bits per heavy atom. The van der Waals surface area contributed by atoms with Gasteiger partial charge in [0.1, 0.15) is 16.4 Å². The maximum atomic E-state index is 12.4. The summed E-state index contributed by atoms with van der Waals surface area (Å²) in [6, 6.07) is 1.26. The molecule has 11 heteroatoms. The van der Waals surface area contributed by atoms with Crippen molar-refractivity contribution in [2.45, 2.75) is 26.8 Å². The standard InChI is InChI=1S/C17H19N3O7S/c1-4-7-27-16(24)12-9(2)13(17(25)26-3)28-14(12)18-11(21)8-20-6-5-10(19-20)15(22)23/h5-6H,4,7-8H2,1-3H3,(H,18,21)(H,22,23). The number of ether oxygens (including phenoxy) is 2. The molecule has 2 rings (SSSR count). The van der Waals surface area contributed by atoms with Crippen LogP contribution in [0.2, 0.25) is 0 Å². The van der Waals surface area contributed by atoms with Gasteiger partial charge in [0, 0.05) is 6.20 Å². The Hall–Kier alpha value is -3.21. The number of carboxylic acids is 1. The SMILES string of the molecule is CCCOC(=O)c1c(NC(=O)Cn2ccc(C(=O)O)n2)sc(C(=O)OC)c1C. The van der Waals surface area contributed by atoms with Gasteiger partial charge in [-0.1, -0.05) is 6.92 Å². The third kappa shape index (κ3) is 4.74. The molecule has 28 heavy (non-hydrogen) atoms. The van der Waals surface area contributed by atoms with Crippen LogP contribution >= 0.6 is 11.3 Å². The number of anilines is 1. The van der Waals surface area contributed by atoms with Gasteiger partial charge in [-0.15, -0.1) is 11.3 Å². The zero-order chi connectivity index (χ0) is 20.8. The second-order valence-corrected chi connectivity index (χ2v) is 6.66. The predicted octanol–water partition coefficient (Wildman–Crippen LogP) is 1.94. The monoisotopic (exact) mass is 409 g/mol. The molecule has 0 radical (unpaired) electrons. The average molecular weight is 409 g/mol. The summed E-state index contributed by atoms with van der Waals surface area (Å²) >= 11 is 0.898. The third-order valence-electron chi connectivity index (χ3n) is 3.58. The third-order valence-corrected chi connectivity index (χ3v) is 4.76. The van der Waals surface area contributed by atoms with Gasteiger partial charge in [-0.05, 0) is 25.0 Å². The molecule has 0 aromatic carbocycles. The van der Waals surface area contributed by atoms with Crippen molar-refractivity contribution in [3.8, 4) is 0 Å². The minimum atomic E-state index is -1.21. The number of nitrogens with one attached hydrogen (secondary N) is 1. The van der Waals surface area contributed by atoms with Gasteiger partial charge in [-0.2, -0.15) is 5.10 Å². The first-order valence-electron chi connectivity index (χ1n) is 8.23. The van der Waals surface area contributed by atoms with E-state index in [1.165, 1.54) is 19.4 Å². The second-order valence-electron chi connectivity index (χ2n) is 5.64. The van der Waals surface area contributed by atoms with E-state index in [9.17, 15) is 19.2 Å². The Morgan fingerprint density at radius 1 is 1.29 bits per heavy atom. The van der Waals surface area contributed by atoms with Crippen molar-refractivity contribution in [3.05, 3.63) is 34.0 Å². The number of methoxy groups -OCH3 is 1. The average Bonchev–Trinajstić information content (AvgIpc) is 3.23. The number of thiophene rings is 1. The minimum Gasteiger partial charge on any atom is -0.476 e. The van der Waals surface area contributed by atoms with E-state index in [2.05, 4.69) is 10.4 Å². The summed E-state index contributed by atoms with van der Waals surface area (Å²) in [6.07, 6.45) is 1.96. The molecule has 0 aliphatic rings. The van der Waals surface area contributed by atoms with Crippen LogP contribution in [0.1, 0.15) is 49.4 Å². The predicted molar refractivity (Wildman–Crippen MR) is 98.8 cm³/mol. The summed E-state index contributed by atoms with van der Waals surface area (Å²) in [7, 11) is 1.21. The molecule has 150 valence electrons. The van der Waals surface area contributed by atoms with Crippen molar-refractivity contribution in [2.24, 2.45) is 0 Å². The number of aromatic carboxylic acids is 1. The summed E-state index contributed by atoms with van der Waals surface area (Å²) in [5.41, 5.74) is 0.232. The van der Waals surface area contributed by atoms with Crippen molar-refractivity contribution in [1.82, 2.24) is 9.78 Å². The molecule has 0 aliphatic carbocycles. The molecule has 0 saturated heterocycles. The molecular weight excluding hydrogens is 390 g/mol. The normalized spacial score (nSPS) is 10.4. The molecule has 2 aromatic heterocycles.